The Labute approximate surface area is 134 Å². The molecule has 0 aliphatic heterocycles. The van der Waals surface area contributed by atoms with Gasteiger partial charge in [0.05, 0.1) is 6.10 Å². The molecule has 124 valence electrons. The van der Waals surface area contributed by atoms with Crippen LogP contribution >= 0.6 is 0 Å². The molecule has 6 aliphatic carbocycles. The number of aliphatic hydroxyl groups is 2. The van der Waals surface area contributed by atoms with Crippen molar-refractivity contribution in [1.82, 2.24) is 0 Å². The molecular weight excluding hydrogens is 272 g/mol. The normalized spacial score (nSPS) is 68.3. The summed E-state index contributed by atoms with van der Waals surface area (Å²) in [5.74, 6) is 2.52. The lowest BCUT2D eigenvalue weighted by Crippen LogP contribution is -2.62. The maximum absolute atomic E-state index is 11.3. The molecule has 22 heavy (non-hydrogen) atoms. The molecule has 2 nitrogen and oxygen atoms in total. The van der Waals surface area contributed by atoms with Crippen molar-refractivity contribution in [2.45, 2.75) is 71.8 Å². The third kappa shape index (κ3) is 1.30. The van der Waals surface area contributed by atoms with E-state index in [1.165, 1.54) is 44.9 Å². The fourth-order valence-electron chi connectivity index (χ4n) is 9.14. The molecular formula is C20H32O2. The maximum Gasteiger partial charge on any atom is 0.0615 e. The fourth-order valence-corrected chi connectivity index (χ4v) is 9.14. The van der Waals surface area contributed by atoms with Crippen molar-refractivity contribution in [3.63, 3.8) is 0 Å². The Morgan fingerprint density at radius 1 is 1.05 bits per heavy atom. The highest BCUT2D eigenvalue weighted by atomic mass is 16.3. The van der Waals surface area contributed by atoms with Crippen LogP contribution in [-0.2, 0) is 0 Å². The minimum atomic E-state index is -0.0636. The van der Waals surface area contributed by atoms with Crippen LogP contribution in [0.5, 0.6) is 0 Å². The number of rotatable bonds is 1. The lowest BCUT2D eigenvalue weighted by Gasteiger charge is -2.66. The van der Waals surface area contributed by atoms with Gasteiger partial charge in [0.2, 0.25) is 0 Å². The van der Waals surface area contributed by atoms with Crippen molar-refractivity contribution in [1.29, 1.82) is 0 Å². The van der Waals surface area contributed by atoms with Gasteiger partial charge in [0.25, 0.3) is 0 Å². The molecule has 0 heterocycles. The predicted octanol–water partition coefficient (Wildman–Crippen LogP) is 3.61. The average molecular weight is 304 g/mol. The van der Waals surface area contributed by atoms with Gasteiger partial charge in [-0.1, -0.05) is 27.2 Å². The van der Waals surface area contributed by atoms with Gasteiger partial charge in [-0.3, -0.25) is 0 Å². The van der Waals surface area contributed by atoms with Crippen LogP contribution in [0.4, 0.5) is 0 Å². The highest BCUT2D eigenvalue weighted by molar-refractivity contribution is 5.29. The second-order valence-electron chi connectivity index (χ2n) is 10.6. The van der Waals surface area contributed by atoms with E-state index >= 15 is 0 Å². The van der Waals surface area contributed by atoms with Crippen LogP contribution in [0.3, 0.4) is 0 Å². The van der Waals surface area contributed by atoms with Crippen molar-refractivity contribution >= 4 is 0 Å². The lowest BCUT2D eigenvalue weighted by molar-refractivity contribution is -0.212. The van der Waals surface area contributed by atoms with Gasteiger partial charge in [0.15, 0.2) is 0 Å². The molecule has 6 aliphatic rings. The molecule has 9 atom stereocenters. The molecule has 4 bridgehead atoms. The summed E-state index contributed by atoms with van der Waals surface area (Å²) in [6, 6.07) is 0. The molecule has 0 aromatic rings. The fraction of sp³-hybridized carbons (Fsp3) is 1.00. The highest BCUT2D eigenvalue weighted by Crippen LogP contribution is 2.85. The van der Waals surface area contributed by atoms with Gasteiger partial charge in [-0.25, -0.2) is 0 Å². The smallest absolute Gasteiger partial charge is 0.0615 e. The molecule has 2 N–H and O–H groups in total. The lowest BCUT2D eigenvalue weighted by atomic mass is 9.39. The largest absolute Gasteiger partial charge is 0.396 e. The van der Waals surface area contributed by atoms with Gasteiger partial charge in [-0.05, 0) is 83.9 Å². The van der Waals surface area contributed by atoms with Crippen LogP contribution in [-0.4, -0.2) is 22.9 Å². The molecule has 6 rings (SSSR count). The Balaban J connectivity index is 1.59. The zero-order valence-corrected chi connectivity index (χ0v) is 14.4. The SMILES string of the molecule is C[C@@]1(CO)CCC[C@]2(C)[C@@H]1CC[C@@]13C[C@H]4[C@@H]([C@H](O)[C@H]12)[C@@]4(C)C3. The monoisotopic (exact) mass is 304 g/mol. The minimum absolute atomic E-state index is 0.0636. The first kappa shape index (κ1) is 14.3. The molecule has 0 unspecified atom stereocenters. The first-order chi connectivity index (χ1) is 10.3. The topological polar surface area (TPSA) is 40.5 Å². The van der Waals surface area contributed by atoms with E-state index in [1.807, 2.05) is 0 Å². The average Bonchev–Trinajstić information content (AvgIpc) is 2.92. The van der Waals surface area contributed by atoms with Gasteiger partial charge < -0.3 is 10.2 Å². The van der Waals surface area contributed by atoms with Gasteiger partial charge in [0.1, 0.15) is 0 Å². The zero-order chi connectivity index (χ0) is 15.5. The van der Waals surface area contributed by atoms with Crippen molar-refractivity contribution in [3.05, 3.63) is 0 Å². The van der Waals surface area contributed by atoms with E-state index < -0.39 is 0 Å². The second-order valence-corrected chi connectivity index (χ2v) is 10.6. The Kier molecular flexibility index (Phi) is 2.45. The summed E-state index contributed by atoms with van der Waals surface area (Å²) in [7, 11) is 0. The second kappa shape index (κ2) is 3.77. The highest BCUT2D eigenvalue weighted by Gasteiger charge is 2.81. The summed E-state index contributed by atoms with van der Waals surface area (Å²) in [4.78, 5) is 0. The number of fused-ring (bicyclic) bond motifs is 1. The third-order valence-electron chi connectivity index (χ3n) is 9.76. The van der Waals surface area contributed by atoms with Gasteiger partial charge in [-0.15, -0.1) is 0 Å². The molecule has 0 radical (unpaired) electrons. The van der Waals surface area contributed by atoms with Crippen LogP contribution in [0.2, 0.25) is 0 Å². The molecule has 0 aromatic carbocycles. The van der Waals surface area contributed by atoms with E-state index in [1.54, 1.807) is 0 Å². The summed E-state index contributed by atoms with van der Waals surface area (Å²) in [6.07, 6.45) is 8.98. The first-order valence-electron chi connectivity index (χ1n) is 9.60. The molecule has 0 aromatic heterocycles. The van der Waals surface area contributed by atoms with Crippen molar-refractivity contribution in [2.75, 3.05) is 6.61 Å². The van der Waals surface area contributed by atoms with E-state index in [9.17, 15) is 10.2 Å². The quantitative estimate of drug-likeness (QED) is 0.777. The van der Waals surface area contributed by atoms with Crippen LogP contribution < -0.4 is 0 Å². The molecule has 0 amide bonds. The maximum atomic E-state index is 11.3. The molecule has 1 spiro atoms. The van der Waals surface area contributed by atoms with Gasteiger partial charge in [0, 0.05) is 6.61 Å². The Hall–Kier alpha value is -0.0800. The Morgan fingerprint density at radius 2 is 1.82 bits per heavy atom. The summed E-state index contributed by atoms with van der Waals surface area (Å²) >= 11 is 0. The number of aliphatic hydroxyl groups excluding tert-OH is 2. The standard InChI is InChI=1S/C20H32O2/c1-17(11-21)6-4-7-18(2)13(17)5-8-20-9-12-14(15(22)16(18)20)19(12,3)10-20/h12-16,21-22H,4-11H2,1-3H3/t12-,13+,14-,15-,16-,17-,18+,19-,20-/m0/s1. The third-order valence-corrected chi connectivity index (χ3v) is 9.76. The van der Waals surface area contributed by atoms with Crippen LogP contribution in [0.1, 0.15) is 65.7 Å². The molecule has 6 fully saturated rings. The van der Waals surface area contributed by atoms with Crippen molar-refractivity contribution < 1.29 is 10.2 Å². The minimum Gasteiger partial charge on any atom is -0.396 e. The van der Waals surface area contributed by atoms with Crippen LogP contribution in [0, 0.1) is 45.3 Å². The summed E-state index contributed by atoms with van der Waals surface area (Å²) in [6.45, 7) is 7.57. The van der Waals surface area contributed by atoms with E-state index in [0.29, 0.717) is 35.2 Å². The zero-order valence-electron chi connectivity index (χ0n) is 14.4. The van der Waals surface area contributed by atoms with Crippen LogP contribution in [0.15, 0.2) is 0 Å². The first-order valence-corrected chi connectivity index (χ1v) is 9.60. The van der Waals surface area contributed by atoms with Gasteiger partial charge in [-0.2, -0.15) is 0 Å². The Morgan fingerprint density at radius 3 is 2.45 bits per heavy atom. The van der Waals surface area contributed by atoms with Crippen LogP contribution in [0.25, 0.3) is 0 Å². The number of hydrogen-bond donors (Lipinski definition) is 2. The predicted molar refractivity (Wildman–Crippen MR) is 86.1 cm³/mol. The molecule has 6 saturated carbocycles. The van der Waals surface area contributed by atoms with Gasteiger partial charge >= 0.3 is 0 Å². The summed E-state index contributed by atoms with van der Waals surface area (Å²) in [5, 5.41) is 21.3. The Bertz CT molecular complexity index is 532. The summed E-state index contributed by atoms with van der Waals surface area (Å²) in [5.41, 5.74) is 1.25. The number of hydrogen-bond acceptors (Lipinski definition) is 2. The van der Waals surface area contributed by atoms with E-state index in [4.69, 9.17) is 0 Å². The van der Waals surface area contributed by atoms with E-state index in [2.05, 4.69) is 20.8 Å². The van der Waals surface area contributed by atoms with E-state index in [-0.39, 0.29) is 16.9 Å². The summed E-state index contributed by atoms with van der Waals surface area (Å²) < 4.78 is 0. The molecule has 2 heteroatoms. The van der Waals surface area contributed by atoms with Crippen molar-refractivity contribution in [3.8, 4) is 0 Å². The molecule has 0 saturated heterocycles. The van der Waals surface area contributed by atoms with Crippen molar-refractivity contribution in [2.24, 2.45) is 45.3 Å². The van der Waals surface area contributed by atoms with E-state index in [0.717, 1.165) is 5.92 Å².